The Hall–Kier alpha value is -1.67. The van der Waals surface area contributed by atoms with Gasteiger partial charge >= 0.3 is 6.03 Å². The number of carbonyl (C=O) groups excluding carboxylic acids is 3. The molecule has 0 bridgehead atoms. The molecule has 0 spiro atoms. The zero-order valence-corrected chi connectivity index (χ0v) is 15.2. The maximum atomic E-state index is 12.6. The molecular formula is C17H29N3O5. The van der Waals surface area contributed by atoms with Crippen LogP contribution in [-0.2, 0) is 19.1 Å². The van der Waals surface area contributed by atoms with Crippen LogP contribution in [0, 0.1) is 5.92 Å². The summed E-state index contributed by atoms with van der Waals surface area (Å²) in [7, 11) is 0. The van der Waals surface area contributed by atoms with Crippen molar-refractivity contribution in [1.82, 2.24) is 15.5 Å². The number of amides is 3. The summed E-state index contributed by atoms with van der Waals surface area (Å²) in [5, 5.41) is 5.55. The molecule has 0 unspecified atom stereocenters. The molecule has 0 saturated carbocycles. The number of ether oxygens (including phenoxy) is 2. The molecule has 0 radical (unpaired) electrons. The van der Waals surface area contributed by atoms with Crippen LogP contribution in [-0.4, -0.2) is 73.7 Å². The largest absolute Gasteiger partial charge is 0.378 e. The van der Waals surface area contributed by atoms with Gasteiger partial charge in [-0.15, -0.1) is 0 Å². The Kier molecular flexibility index (Phi) is 7.19. The third-order valence-electron chi connectivity index (χ3n) is 4.55. The van der Waals surface area contributed by atoms with Gasteiger partial charge in [0.2, 0.25) is 5.91 Å². The van der Waals surface area contributed by atoms with Crippen LogP contribution in [0.4, 0.5) is 4.79 Å². The number of Topliss-reactive ketones (excluding diaryl/α,β-unsaturated/α-hetero) is 1. The number of nitrogens with one attached hydrogen (secondary N) is 2. The first kappa shape index (κ1) is 19.7. The standard InChI is InChI=1S/C17H29N3O5/c1-11(2)4-5-13(18-17(23)20-6-8-24-9-7-20)16(22)19-15-12(3)25-10-14(15)21/h11-13,15H,4-10H2,1-3H3,(H,18,23)(H,19,22)/t12-,13-,15-/m0/s1. The van der Waals surface area contributed by atoms with Crippen molar-refractivity contribution >= 4 is 17.7 Å². The first-order valence-electron chi connectivity index (χ1n) is 8.96. The van der Waals surface area contributed by atoms with E-state index in [0.717, 1.165) is 6.42 Å². The van der Waals surface area contributed by atoms with Crippen molar-refractivity contribution in [2.75, 3.05) is 32.9 Å². The SMILES string of the molecule is CC(C)CC[C@H](NC(=O)N1CCOCC1)C(=O)N[C@@H]1C(=O)CO[C@H]1C. The van der Waals surface area contributed by atoms with Crippen molar-refractivity contribution in [3.8, 4) is 0 Å². The molecule has 0 aromatic rings. The van der Waals surface area contributed by atoms with Gasteiger partial charge in [0.15, 0.2) is 5.78 Å². The van der Waals surface area contributed by atoms with Crippen molar-refractivity contribution in [3.63, 3.8) is 0 Å². The molecular weight excluding hydrogens is 326 g/mol. The number of ketones is 1. The van der Waals surface area contributed by atoms with E-state index < -0.39 is 12.1 Å². The van der Waals surface area contributed by atoms with Crippen molar-refractivity contribution in [2.45, 2.75) is 51.8 Å². The average Bonchev–Trinajstić information content (AvgIpc) is 2.90. The van der Waals surface area contributed by atoms with Crippen LogP contribution < -0.4 is 10.6 Å². The molecule has 2 fully saturated rings. The average molecular weight is 355 g/mol. The van der Waals surface area contributed by atoms with E-state index in [4.69, 9.17) is 9.47 Å². The fourth-order valence-electron chi connectivity index (χ4n) is 2.89. The Morgan fingerprint density at radius 2 is 1.92 bits per heavy atom. The molecule has 8 heteroatoms. The Bertz CT molecular complexity index is 491. The summed E-state index contributed by atoms with van der Waals surface area (Å²) in [6, 6.07) is -1.58. The first-order chi connectivity index (χ1) is 11.9. The van der Waals surface area contributed by atoms with Crippen LogP contribution >= 0.6 is 0 Å². The maximum absolute atomic E-state index is 12.6. The van der Waals surface area contributed by atoms with Gasteiger partial charge in [-0.25, -0.2) is 4.79 Å². The van der Waals surface area contributed by atoms with Crippen molar-refractivity contribution in [3.05, 3.63) is 0 Å². The van der Waals surface area contributed by atoms with E-state index in [9.17, 15) is 14.4 Å². The molecule has 0 aliphatic carbocycles. The molecule has 2 heterocycles. The molecule has 3 amide bonds. The lowest BCUT2D eigenvalue weighted by Crippen LogP contribution is -2.56. The first-order valence-corrected chi connectivity index (χ1v) is 8.96. The molecule has 8 nitrogen and oxygen atoms in total. The van der Waals surface area contributed by atoms with Gasteiger partial charge in [-0.1, -0.05) is 13.8 Å². The van der Waals surface area contributed by atoms with Gasteiger partial charge in [-0.3, -0.25) is 9.59 Å². The lowest BCUT2D eigenvalue weighted by molar-refractivity contribution is -0.127. The number of nitrogens with zero attached hydrogens (tertiary/aromatic N) is 1. The van der Waals surface area contributed by atoms with Gasteiger partial charge < -0.3 is 25.0 Å². The van der Waals surface area contributed by atoms with Crippen LogP contribution in [0.2, 0.25) is 0 Å². The van der Waals surface area contributed by atoms with Crippen molar-refractivity contribution in [1.29, 1.82) is 0 Å². The van der Waals surface area contributed by atoms with Crippen molar-refractivity contribution < 1.29 is 23.9 Å². The van der Waals surface area contributed by atoms with Crippen LogP contribution in [0.25, 0.3) is 0 Å². The molecule has 2 rings (SSSR count). The Morgan fingerprint density at radius 1 is 1.24 bits per heavy atom. The minimum Gasteiger partial charge on any atom is -0.378 e. The molecule has 2 saturated heterocycles. The van der Waals surface area contributed by atoms with E-state index in [2.05, 4.69) is 24.5 Å². The molecule has 3 atom stereocenters. The number of carbonyl (C=O) groups is 3. The highest BCUT2D eigenvalue weighted by molar-refractivity contribution is 5.94. The van der Waals surface area contributed by atoms with Gasteiger partial charge in [0.05, 0.1) is 19.3 Å². The second kappa shape index (κ2) is 9.15. The highest BCUT2D eigenvalue weighted by Gasteiger charge is 2.36. The van der Waals surface area contributed by atoms with E-state index in [1.54, 1.807) is 11.8 Å². The fraction of sp³-hybridized carbons (Fsp3) is 0.824. The smallest absolute Gasteiger partial charge is 0.318 e. The monoisotopic (exact) mass is 355 g/mol. The Labute approximate surface area is 148 Å². The van der Waals surface area contributed by atoms with Gasteiger partial charge in [-0.2, -0.15) is 0 Å². The second-order valence-corrected chi connectivity index (χ2v) is 7.04. The predicted molar refractivity (Wildman–Crippen MR) is 91.1 cm³/mol. The quantitative estimate of drug-likeness (QED) is 0.715. The summed E-state index contributed by atoms with van der Waals surface area (Å²) >= 11 is 0. The summed E-state index contributed by atoms with van der Waals surface area (Å²) in [4.78, 5) is 38.5. The van der Waals surface area contributed by atoms with Gasteiger partial charge in [0.1, 0.15) is 18.7 Å². The normalized spacial score (nSPS) is 25.1. The Balaban J connectivity index is 1.96. The fourth-order valence-corrected chi connectivity index (χ4v) is 2.89. The Morgan fingerprint density at radius 3 is 2.48 bits per heavy atom. The van der Waals surface area contributed by atoms with E-state index >= 15 is 0 Å². The molecule has 25 heavy (non-hydrogen) atoms. The van der Waals surface area contributed by atoms with Gasteiger partial charge in [0, 0.05) is 13.1 Å². The van der Waals surface area contributed by atoms with Gasteiger partial charge in [-0.05, 0) is 25.7 Å². The van der Waals surface area contributed by atoms with E-state index in [1.807, 2.05) is 0 Å². The highest BCUT2D eigenvalue weighted by Crippen LogP contribution is 2.12. The minimum atomic E-state index is -0.668. The number of rotatable bonds is 6. The van der Waals surface area contributed by atoms with Crippen LogP contribution in [0.1, 0.15) is 33.6 Å². The third-order valence-corrected chi connectivity index (χ3v) is 4.55. The number of hydrogen-bond acceptors (Lipinski definition) is 5. The number of hydrogen-bond donors (Lipinski definition) is 2. The molecule has 2 aliphatic heterocycles. The van der Waals surface area contributed by atoms with E-state index in [-0.39, 0.29) is 30.4 Å². The summed E-state index contributed by atoms with van der Waals surface area (Å²) in [5.74, 6) is -0.0631. The van der Waals surface area contributed by atoms with Gasteiger partial charge in [0.25, 0.3) is 0 Å². The molecule has 142 valence electrons. The zero-order chi connectivity index (χ0) is 18.4. The summed E-state index contributed by atoms with van der Waals surface area (Å²) in [6.07, 6.45) is 0.971. The molecule has 2 N–H and O–H groups in total. The summed E-state index contributed by atoms with van der Waals surface area (Å²) in [6.45, 7) is 7.93. The van der Waals surface area contributed by atoms with Crippen LogP contribution in [0.5, 0.6) is 0 Å². The molecule has 0 aromatic carbocycles. The number of morpholine rings is 1. The lowest BCUT2D eigenvalue weighted by atomic mass is 10.0. The van der Waals surface area contributed by atoms with Crippen molar-refractivity contribution in [2.24, 2.45) is 5.92 Å². The highest BCUT2D eigenvalue weighted by atomic mass is 16.5. The van der Waals surface area contributed by atoms with Crippen LogP contribution in [0.3, 0.4) is 0 Å². The lowest BCUT2D eigenvalue weighted by Gasteiger charge is -2.29. The summed E-state index contributed by atoms with van der Waals surface area (Å²) < 4.78 is 10.5. The maximum Gasteiger partial charge on any atom is 0.318 e. The molecule has 2 aliphatic rings. The summed E-state index contributed by atoms with van der Waals surface area (Å²) in [5.41, 5.74) is 0. The zero-order valence-electron chi connectivity index (χ0n) is 15.2. The van der Waals surface area contributed by atoms with E-state index in [0.29, 0.717) is 38.6 Å². The predicted octanol–water partition coefficient (Wildman–Crippen LogP) is 0.306. The second-order valence-electron chi connectivity index (χ2n) is 7.04. The number of urea groups is 1. The van der Waals surface area contributed by atoms with Crippen LogP contribution in [0.15, 0.2) is 0 Å². The molecule has 0 aromatic heterocycles. The van der Waals surface area contributed by atoms with E-state index in [1.165, 1.54) is 0 Å². The minimum absolute atomic E-state index is 0.0168. The third kappa shape index (κ3) is 5.67. The topological polar surface area (TPSA) is 97.0 Å².